The van der Waals surface area contributed by atoms with Crippen LogP contribution >= 0.6 is 15.9 Å². The maximum absolute atomic E-state index is 12.6. The lowest BCUT2D eigenvalue weighted by atomic mass is 9.81. The molecule has 0 saturated carbocycles. The fourth-order valence-electron chi connectivity index (χ4n) is 2.92. The van der Waals surface area contributed by atoms with Gasteiger partial charge in [0.05, 0.1) is 12.6 Å². The molecule has 0 fully saturated rings. The summed E-state index contributed by atoms with van der Waals surface area (Å²) in [6.45, 7) is 3.07. The number of aryl methyl sites for hydroxylation is 1. The molecule has 0 spiro atoms. The van der Waals surface area contributed by atoms with Crippen molar-refractivity contribution < 1.29 is 22.7 Å². The first-order valence-corrected chi connectivity index (χ1v) is 9.20. The van der Waals surface area contributed by atoms with Gasteiger partial charge in [0.15, 0.2) is 0 Å². The van der Waals surface area contributed by atoms with Crippen LogP contribution in [0.5, 0.6) is 5.75 Å². The van der Waals surface area contributed by atoms with E-state index in [0.717, 1.165) is 28.2 Å². The summed E-state index contributed by atoms with van der Waals surface area (Å²) in [4.78, 5) is 17.2. The van der Waals surface area contributed by atoms with Crippen LogP contribution in [0.25, 0.3) is 11.2 Å². The average molecular weight is 483 g/mol. The summed E-state index contributed by atoms with van der Waals surface area (Å²) in [7, 11) is 0. The van der Waals surface area contributed by atoms with Crippen LogP contribution in [-0.4, -0.2) is 32.2 Å². The van der Waals surface area contributed by atoms with E-state index in [1.807, 2.05) is 6.07 Å². The first kappa shape index (κ1) is 21.5. The molecule has 2 aromatic heterocycles. The van der Waals surface area contributed by atoms with Crippen molar-refractivity contribution in [2.24, 2.45) is 5.73 Å². The zero-order chi connectivity index (χ0) is 22.3. The summed E-state index contributed by atoms with van der Waals surface area (Å²) in [5.41, 5.74) is 5.33. The Morgan fingerprint density at radius 3 is 2.67 bits per heavy atom. The topological polar surface area (TPSA) is 120 Å². The van der Waals surface area contributed by atoms with Crippen LogP contribution in [0, 0.1) is 18.3 Å². The lowest BCUT2D eigenvalue weighted by Gasteiger charge is -2.24. The van der Waals surface area contributed by atoms with Crippen LogP contribution < -0.4 is 10.5 Å². The highest BCUT2D eigenvalue weighted by Gasteiger charge is 2.35. The van der Waals surface area contributed by atoms with Crippen molar-refractivity contribution in [3.05, 3.63) is 45.6 Å². The van der Waals surface area contributed by atoms with E-state index in [1.165, 1.54) is 11.7 Å². The van der Waals surface area contributed by atoms with Gasteiger partial charge in [-0.2, -0.15) is 15.2 Å². The highest BCUT2D eigenvalue weighted by molar-refractivity contribution is 9.10. The summed E-state index contributed by atoms with van der Waals surface area (Å²) in [6.07, 6.45) is -3.38. The van der Waals surface area contributed by atoms with E-state index in [4.69, 9.17) is 5.73 Å². The first-order chi connectivity index (χ1) is 13.9. The van der Waals surface area contributed by atoms with Gasteiger partial charge in [-0.05, 0) is 59.1 Å². The molecule has 8 nitrogen and oxygen atoms in total. The van der Waals surface area contributed by atoms with Crippen molar-refractivity contribution in [2.75, 3.05) is 0 Å². The number of aromatic nitrogens is 4. The Bertz CT molecular complexity index is 1190. The zero-order valence-corrected chi connectivity index (χ0v) is 17.2. The van der Waals surface area contributed by atoms with Crippen molar-refractivity contribution in [1.29, 1.82) is 5.26 Å². The van der Waals surface area contributed by atoms with E-state index >= 15 is 0 Å². The number of halogens is 4. The molecular formula is C18H14BrF3N6O2. The van der Waals surface area contributed by atoms with Gasteiger partial charge in [-0.1, -0.05) is 0 Å². The van der Waals surface area contributed by atoms with E-state index < -0.39 is 23.4 Å². The summed E-state index contributed by atoms with van der Waals surface area (Å²) < 4.78 is 42.5. The molecule has 156 valence electrons. The molecule has 0 aliphatic rings. The van der Waals surface area contributed by atoms with Gasteiger partial charge in [0.25, 0.3) is 0 Å². The van der Waals surface area contributed by atoms with Crippen LogP contribution in [-0.2, 0) is 12.0 Å². The van der Waals surface area contributed by atoms with E-state index in [0.29, 0.717) is 11.2 Å². The number of nitriles is 1. The molecule has 3 aromatic rings. The Morgan fingerprint density at radius 2 is 2.07 bits per heavy atom. The summed E-state index contributed by atoms with van der Waals surface area (Å²) in [5.74, 6) is -1.48. The van der Waals surface area contributed by atoms with Crippen LogP contribution in [0.2, 0.25) is 0 Å². The molecule has 0 radical (unpaired) electrons. The molecule has 3 rings (SSSR count). The van der Waals surface area contributed by atoms with Crippen molar-refractivity contribution in [3.8, 4) is 11.8 Å². The number of primary amides is 1. The number of alkyl halides is 3. The van der Waals surface area contributed by atoms with Gasteiger partial charge in [-0.25, -0.2) is 4.98 Å². The summed E-state index contributed by atoms with van der Waals surface area (Å²) in [5, 5.41) is 18.4. The second-order valence-electron chi connectivity index (χ2n) is 6.70. The highest BCUT2D eigenvalue weighted by atomic mass is 79.9. The number of nitrogens with two attached hydrogens (primary N) is 1. The van der Waals surface area contributed by atoms with Crippen LogP contribution in [0.15, 0.2) is 28.9 Å². The molecule has 1 amide bonds. The van der Waals surface area contributed by atoms with Crippen LogP contribution in [0.3, 0.4) is 0 Å². The quantitative estimate of drug-likeness (QED) is 0.595. The SMILES string of the molecule is Cc1c(Br)cnc2nn(CC(C)(C#N)c3cc(OC(F)(F)F)ccc3C(N)=O)nc12. The molecule has 0 aliphatic heterocycles. The van der Waals surface area contributed by atoms with Crippen LogP contribution in [0.4, 0.5) is 13.2 Å². The fraction of sp³-hybridized carbons (Fsp3) is 0.278. The van der Waals surface area contributed by atoms with Crippen molar-refractivity contribution in [3.63, 3.8) is 0 Å². The largest absolute Gasteiger partial charge is 0.573 e. The standard InChI is InChI=1S/C18H14BrF3N6O2/c1-9-13(19)6-25-16-14(9)26-28(27-16)8-17(2,7-23)12-5-10(30-18(20,21)22)3-4-11(12)15(24)29/h3-6H,8H2,1-2H3,(H2,24,29). The second-order valence-corrected chi connectivity index (χ2v) is 7.55. The Hall–Kier alpha value is -3.20. The van der Waals surface area contributed by atoms with Gasteiger partial charge in [-0.15, -0.1) is 18.3 Å². The summed E-state index contributed by atoms with van der Waals surface area (Å²) >= 11 is 3.35. The highest BCUT2D eigenvalue weighted by Crippen LogP contribution is 2.33. The number of amides is 1. The third-order valence-electron chi connectivity index (χ3n) is 4.44. The minimum Gasteiger partial charge on any atom is -0.406 e. The molecule has 0 aliphatic carbocycles. The number of ether oxygens (including phenoxy) is 1. The average Bonchev–Trinajstić information content (AvgIpc) is 3.06. The molecule has 1 atom stereocenters. The Kier molecular flexibility index (Phi) is 5.42. The van der Waals surface area contributed by atoms with Gasteiger partial charge in [-0.3, -0.25) is 4.79 Å². The minimum atomic E-state index is -4.94. The fourth-order valence-corrected chi connectivity index (χ4v) is 3.21. The number of carbonyl (C=O) groups excluding carboxylic acids is 1. The van der Waals surface area contributed by atoms with E-state index in [-0.39, 0.29) is 17.7 Å². The monoisotopic (exact) mass is 482 g/mol. The molecule has 12 heteroatoms. The van der Waals surface area contributed by atoms with Crippen molar-refractivity contribution in [1.82, 2.24) is 20.0 Å². The Labute approximate surface area is 176 Å². The Morgan fingerprint density at radius 1 is 1.37 bits per heavy atom. The minimum absolute atomic E-state index is 0.0357. The smallest absolute Gasteiger partial charge is 0.406 e. The van der Waals surface area contributed by atoms with E-state index in [2.05, 4.69) is 35.8 Å². The normalized spacial score (nSPS) is 13.6. The van der Waals surface area contributed by atoms with E-state index in [9.17, 15) is 23.2 Å². The maximum atomic E-state index is 12.6. The second kappa shape index (κ2) is 7.56. The number of rotatable bonds is 5. The lowest BCUT2D eigenvalue weighted by Crippen LogP contribution is -2.31. The number of benzene rings is 1. The van der Waals surface area contributed by atoms with Gasteiger partial charge in [0, 0.05) is 16.2 Å². The van der Waals surface area contributed by atoms with Gasteiger partial charge < -0.3 is 10.5 Å². The molecule has 1 unspecified atom stereocenters. The zero-order valence-electron chi connectivity index (χ0n) is 15.7. The van der Waals surface area contributed by atoms with Crippen LogP contribution in [0.1, 0.15) is 28.4 Å². The lowest BCUT2D eigenvalue weighted by molar-refractivity contribution is -0.274. The number of carbonyl (C=O) groups is 1. The third kappa shape index (κ3) is 4.20. The number of hydrogen-bond donors (Lipinski definition) is 1. The molecule has 1 aromatic carbocycles. The predicted octanol–water partition coefficient (Wildman–Crippen LogP) is 3.38. The van der Waals surface area contributed by atoms with Gasteiger partial charge in [0.2, 0.25) is 11.6 Å². The number of pyridine rings is 1. The third-order valence-corrected chi connectivity index (χ3v) is 5.24. The van der Waals surface area contributed by atoms with E-state index in [1.54, 1.807) is 13.1 Å². The number of hydrogen-bond acceptors (Lipinski definition) is 6. The molecule has 30 heavy (non-hydrogen) atoms. The van der Waals surface area contributed by atoms with Gasteiger partial charge in [0.1, 0.15) is 16.7 Å². The summed E-state index contributed by atoms with van der Waals surface area (Å²) in [6, 6.07) is 5.04. The molecular weight excluding hydrogens is 469 g/mol. The molecule has 2 heterocycles. The molecule has 2 N–H and O–H groups in total. The number of fused-ring (bicyclic) bond motifs is 1. The molecule has 0 saturated heterocycles. The first-order valence-electron chi connectivity index (χ1n) is 8.41. The Balaban J connectivity index is 2.09. The van der Waals surface area contributed by atoms with Gasteiger partial charge >= 0.3 is 6.36 Å². The molecule has 0 bridgehead atoms. The van der Waals surface area contributed by atoms with Crippen molar-refractivity contribution >= 4 is 33.0 Å². The maximum Gasteiger partial charge on any atom is 0.573 e. The number of nitrogens with zero attached hydrogens (tertiary/aromatic N) is 5. The van der Waals surface area contributed by atoms with Crippen molar-refractivity contribution in [2.45, 2.75) is 32.2 Å². The predicted molar refractivity (Wildman–Crippen MR) is 102 cm³/mol.